The smallest absolute Gasteiger partial charge is 0.258 e. The van der Waals surface area contributed by atoms with Crippen molar-refractivity contribution in [2.45, 2.75) is 38.6 Å². The van der Waals surface area contributed by atoms with Gasteiger partial charge >= 0.3 is 0 Å². The third-order valence-electron chi connectivity index (χ3n) is 4.17. The number of aryl methyl sites for hydroxylation is 1. The molecule has 1 atom stereocenters. The fourth-order valence-electron chi connectivity index (χ4n) is 2.56. The second-order valence-corrected chi connectivity index (χ2v) is 8.93. The second-order valence-electron chi connectivity index (χ2n) is 7.16. The first-order valence-electron chi connectivity index (χ1n) is 9.26. The lowest BCUT2D eigenvalue weighted by atomic mass is 10.1. The van der Waals surface area contributed by atoms with Crippen molar-refractivity contribution in [2.75, 3.05) is 13.2 Å². The van der Waals surface area contributed by atoms with E-state index in [1.807, 2.05) is 51.1 Å². The van der Waals surface area contributed by atoms with Crippen molar-refractivity contribution in [3.05, 3.63) is 59.7 Å². The summed E-state index contributed by atoms with van der Waals surface area (Å²) in [4.78, 5) is 12.3. The van der Waals surface area contributed by atoms with Gasteiger partial charge in [-0.1, -0.05) is 44.2 Å². The lowest BCUT2D eigenvalue weighted by Gasteiger charge is -2.15. The molecule has 0 saturated heterocycles. The summed E-state index contributed by atoms with van der Waals surface area (Å²) in [6, 6.07) is 14.1. The highest BCUT2D eigenvalue weighted by atomic mass is 32.2. The van der Waals surface area contributed by atoms with Crippen molar-refractivity contribution in [1.82, 2.24) is 10.0 Å². The third kappa shape index (κ3) is 6.35. The summed E-state index contributed by atoms with van der Waals surface area (Å²) in [7, 11) is -3.56. The van der Waals surface area contributed by atoms with E-state index in [1.54, 1.807) is 19.1 Å². The Hall–Kier alpha value is -2.38. The topological polar surface area (TPSA) is 84.5 Å². The van der Waals surface area contributed by atoms with E-state index in [9.17, 15) is 13.2 Å². The molecule has 2 aromatic rings. The molecule has 152 valence electrons. The number of carbonyl (C=O) groups excluding carboxylic acids is 1. The van der Waals surface area contributed by atoms with Gasteiger partial charge in [0, 0.05) is 6.54 Å². The van der Waals surface area contributed by atoms with Crippen LogP contribution in [0.5, 0.6) is 5.75 Å². The zero-order chi connectivity index (χ0) is 20.7. The van der Waals surface area contributed by atoms with Crippen LogP contribution in [0.4, 0.5) is 0 Å². The molecule has 2 rings (SSSR count). The molecule has 1 unspecified atom stereocenters. The molecule has 0 spiro atoms. The number of carbonyl (C=O) groups is 1. The number of hydrogen-bond donors (Lipinski definition) is 2. The Morgan fingerprint density at radius 2 is 1.75 bits per heavy atom. The van der Waals surface area contributed by atoms with Gasteiger partial charge in [-0.2, -0.15) is 0 Å². The van der Waals surface area contributed by atoms with Crippen molar-refractivity contribution in [2.24, 2.45) is 5.92 Å². The van der Waals surface area contributed by atoms with E-state index in [2.05, 4.69) is 10.0 Å². The van der Waals surface area contributed by atoms with Gasteiger partial charge in [0.1, 0.15) is 5.75 Å². The Morgan fingerprint density at radius 3 is 2.36 bits per heavy atom. The molecule has 0 aliphatic carbocycles. The monoisotopic (exact) mass is 404 g/mol. The first-order valence-corrected chi connectivity index (χ1v) is 10.7. The van der Waals surface area contributed by atoms with Crippen molar-refractivity contribution in [1.29, 1.82) is 0 Å². The maximum atomic E-state index is 12.3. The molecule has 0 bridgehead atoms. The van der Waals surface area contributed by atoms with Gasteiger partial charge in [0.05, 0.1) is 10.9 Å². The average molecular weight is 405 g/mol. The van der Waals surface area contributed by atoms with E-state index in [-0.39, 0.29) is 29.4 Å². The number of hydrogen-bond acceptors (Lipinski definition) is 4. The third-order valence-corrected chi connectivity index (χ3v) is 5.60. The molecule has 0 aliphatic heterocycles. The number of nitrogens with one attached hydrogen (secondary N) is 2. The highest BCUT2D eigenvalue weighted by molar-refractivity contribution is 7.89. The normalized spacial score (nSPS) is 12.6. The van der Waals surface area contributed by atoms with Crippen LogP contribution in [0.3, 0.4) is 0 Å². The predicted molar refractivity (Wildman–Crippen MR) is 110 cm³/mol. The lowest BCUT2D eigenvalue weighted by Crippen LogP contribution is -2.31. The van der Waals surface area contributed by atoms with E-state index in [0.29, 0.717) is 17.9 Å². The number of amides is 1. The summed E-state index contributed by atoms with van der Waals surface area (Å²) in [5, 5.41) is 2.88. The quantitative estimate of drug-likeness (QED) is 0.672. The minimum absolute atomic E-state index is 0.127. The molecule has 0 aliphatic rings. The first kappa shape index (κ1) is 21.9. The fourth-order valence-corrected chi connectivity index (χ4v) is 3.86. The minimum Gasteiger partial charge on any atom is -0.484 e. The SMILES string of the molecule is Cc1cc(S(=O)(=O)NCC(C)C)ccc1OCC(=O)NC(C)c1ccccc1. The van der Waals surface area contributed by atoms with E-state index < -0.39 is 10.0 Å². The van der Waals surface area contributed by atoms with Crippen molar-refractivity contribution in [3.8, 4) is 5.75 Å². The highest BCUT2D eigenvalue weighted by Crippen LogP contribution is 2.22. The van der Waals surface area contributed by atoms with Crippen LogP contribution >= 0.6 is 0 Å². The average Bonchev–Trinajstić information content (AvgIpc) is 2.66. The van der Waals surface area contributed by atoms with Crippen LogP contribution in [-0.2, 0) is 14.8 Å². The van der Waals surface area contributed by atoms with Crippen LogP contribution < -0.4 is 14.8 Å². The van der Waals surface area contributed by atoms with Gasteiger partial charge in [0.2, 0.25) is 10.0 Å². The van der Waals surface area contributed by atoms with Crippen LogP contribution in [0.25, 0.3) is 0 Å². The highest BCUT2D eigenvalue weighted by Gasteiger charge is 2.16. The zero-order valence-corrected chi connectivity index (χ0v) is 17.5. The Bertz CT molecular complexity index is 896. The Morgan fingerprint density at radius 1 is 1.07 bits per heavy atom. The van der Waals surface area contributed by atoms with Gasteiger partial charge in [-0.25, -0.2) is 13.1 Å². The summed E-state index contributed by atoms with van der Waals surface area (Å²) in [5.74, 6) is 0.451. The molecule has 2 N–H and O–H groups in total. The molecule has 0 radical (unpaired) electrons. The molecule has 6 nitrogen and oxygen atoms in total. The van der Waals surface area contributed by atoms with Crippen molar-refractivity contribution >= 4 is 15.9 Å². The summed E-state index contributed by atoms with van der Waals surface area (Å²) < 4.78 is 32.8. The van der Waals surface area contributed by atoms with E-state index in [0.717, 1.165) is 5.56 Å². The van der Waals surface area contributed by atoms with Gasteiger partial charge in [0.25, 0.3) is 5.91 Å². The van der Waals surface area contributed by atoms with E-state index >= 15 is 0 Å². The maximum Gasteiger partial charge on any atom is 0.258 e. The Kier molecular flexibility index (Phi) is 7.60. The number of ether oxygens (including phenoxy) is 1. The molecule has 28 heavy (non-hydrogen) atoms. The standard InChI is InChI=1S/C21H28N2O4S/c1-15(2)13-22-28(25,26)19-10-11-20(16(3)12-19)27-14-21(24)23-17(4)18-8-6-5-7-9-18/h5-12,15,17,22H,13-14H2,1-4H3,(H,23,24). The number of benzene rings is 2. The molecule has 7 heteroatoms. The number of rotatable bonds is 9. The van der Waals surface area contributed by atoms with Crippen LogP contribution in [0, 0.1) is 12.8 Å². The maximum absolute atomic E-state index is 12.3. The molecule has 0 heterocycles. The number of sulfonamides is 1. The predicted octanol–water partition coefficient (Wildman–Crippen LogP) is 3.19. The molecule has 0 aromatic heterocycles. The Balaban J connectivity index is 1.95. The second kappa shape index (κ2) is 9.71. The Labute approximate surface area is 167 Å². The van der Waals surface area contributed by atoms with Crippen LogP contribution in [-0.4, -0.2) is 27.5 Å². The van der Waals surface area contributed by atoms with Gasteiger partial charge in [-0.3, -0.25) is 4.79 Å². The molecule has 0 fully saturated rings. The van der Waals surface area contributed by atoms with Crippen LogP contribution in [0.2, 0.25) is 0 Å². The summed E-state index contributed by atoms with van der Waals surface area (Å²) in [6.07, 6.45) is 0. The molecular weight excluding hydrogens is 376 g/mol. The van der Waals surface area contributed by atoms with Gasteiger partial charge in [-0.15, -0.1) is 0 Å². The summed E-state index contributed by atoms with van der Waals surface area (Å²) >= 11 is 0. The largest absolute Gasteiger partial charge is 0.484 e. The van der Waals surface area contributed by atoms with Crippen molar-refractivity contribution < 1.29 is 17.9 Å². The van der Waals surface area contributed by atoms with E-state index in [4.69, 9.17) is 4.74 Å². The summed E-state index contributed by atoms with van der Waals surface area (Å²) in [6.45, 7) is 7.77. The van der Waals surface area contributed by atoms with Crippen molar-refractivity contribution in [3.63, 3.8) is 0 Å². The molecule has 2 aromatic carbocycles. The van der Waals surface area contributed by atoms with Gasteiger partial charge < -0.3 is 10.1 Å². The fraction of sp³-hybridized carbons (Fsp3) is 0.381. The first-order chi connectivity index (χ1) is 13.2. The lowest BCUT2D eigenvalue weighted by molar-refractivity contribution is -0.123. The van der Waals surface area contributed by atoms with Gasteiger partial charge in [-0.05, 0) is 49.1 Å². The molecule has 1 amide bonds. The zero-order valence-electron chi connectivity index (χ0n) is 16.7. The summed E-state index contributed by atoms with van der Waals surface area (Å²) in [5.41, 5.74) is 1.66. The minimum atomic E-state index is -3.56. The van der Waals surface area contributed by atoms with Crippen LogP contribution in [0.15, 0.2) is 53.4 Å². The van der Waals surface area contributed by atoms with E-state index in [1.165, 1.54) is 6.07 Å². The van der Waals surface area contributed by atoms with Crippen LogP contribution in [0.1, 0.15) is 37.9 Å². The van der Waals surface area contributed by atoms with Gasteiger partial charge in [0.15, 0.2) is 6.61 Å². The molecular formula is C21H28N2O4S. The molecule has 0 saturated carbocycles.